The molecule has 0 radical (unpaired) electrons. The van der Waals surface area contributed by atoms with Crippen LogP contribution in [0.15, 0.2) is 0 Å². The van der Waals surface area contributed by atoms with E-state index < -0.39 is 11.8 Å². The molecule has 0 amide bonds. The molecule has 0 spiro atoms. The molecule has 0 bridgehead atoms. The van der Waals surface area contributed by atoms with Gasteiger partial charge in [-0.1, -0.05) is 40.5 Å². The number of carbonyl (C=O) groups is 2. The SMILES string of the molecule is CCCCOC(=O)[C@@H](C)[C@H](C)C(=O)OCCCC. The number of unbranched alkanes of at least 4 members (excludes halogenated alkanes) is 2. The standard InChI is InChI=1S/C14H26O4/c1-5-7-9-17-13(15)11(3)12(4)14(16)18-10-8-6-2/h11-12H,5-10H2,1-4H3/t11-,12-/m0/s1. The summed E-state index contributed by atoms with van der Waals surface area (Å²) in [6.45, 7) is 8.34. The summed E-state index contributed by atoms with van der Waals surface area (Å²) < 4.78 is 10.2. The molecule has 4 heteroatoms. The van der Waals surface area contributed by atoms with E-state index in [0.29, 0.717) is 13.2 Å². The van der Waals surface area contributed by atoms with Crippen LogP contribution in [-0.2, 0) is 19.1 Å². The van der Waals surface area contributed by atoms with Crippen molar-refractivity contribution >= 4 is 11.9 Å². The van der Waals surface area contributed by atoms with Gasteiger partial charge in [-0.15, -0.1) is 0 Å². The predicted molar refractivity (Wildman–Crippen MR) is 70.1 cm³/mol. The maximum atomic E-state index is 11.7. The van der Waals surface area contributed by atoms with Gasteiger partial charge in [-0.3, -0.25) is 9.59 Å². The third-order valence-corrected chi connectivity index (χ3v) is 2.98. The van der Waals surface area contributed by atoms with Gasteiger partial charge in [0.05, 0.1) is 25.0 Å². The van der Waals surface area contributed by atoms with Crippen LogP contribution in [0.3, 0.4) is 0 Å². The first kappa shape index (κ1) is 16.9. The minimum atomic E-state index is -0.448. The molecule has 0 aliphatic carbocycles. The van der Waals surface area contributed by atoms with Crippen molar-refractivity contribution in [1.29, 1.82) is 0 Å². The van der Waals surface area contributed by atoms with E-state index in [-0.39, 0.29) is 11.9 Å². The number of esters is 2. The van der Waals surface area contributed by atoms with Crippen molar-refractivity contribution in [2.75, 3.05) is 13.2 Å². The Hall–Kier alpha value is -1.06. The highest BCUT2D eigenvalue weighted by atomic mass is 16.5. The monoisotopic (exact) mass is 258 g/mol. The first-order valence-corrected chi connectivity index (χ1v) is 6.87. The van der Waals surface area contributed by atoms with E-state index in [4.69, 9.17) is 9.47 Å². The quantitative estimate of drug-likeness (QED) is 0.471. The van der Waals surface area contributed by atoms with E-state index in [0.717, 1.165) is 25.7 Å². The van der Waals surface area contributed by atoms with Crippen LogP contribution in [0, 0.1) is 11.8 Å². The highest BCUT2D eigenvalue weighted by Crippen LogP contribution is 2.15. The number of hydrogen-bond donors (Lipinski definition) is 0. The fourth-order valence-corrected chi connectivity index (χ4v) is 1.31. The lowest BCUT2D eigenvalue weighted by Crippen LogP contribution is -2.29. The molecule has 0 saturated heterocycles. The molecule has 0 aromatic rings. The second-order valence-corrected chi connectivity index (χ2v) is 4.62. The lowest BCUT2D eigenvalue weighted by molar-refractivity contribution is -0.159. The molecule has 0 heterocycles. The van der Waals surface area contributed by atoms with Crippen LogP contribution in [0.4, 0.5) is 0 Å². The maximum absolute atomic E-state index is 11.7. The summed E-state index contributed by atoms with van der Waals surface area (Å²) in [6.07, 6.45) is 3.67. The zero-order chi connectivity index (χ0) is 14.0. The van der Waals surface area contributed by atoms with Gasteiger partial charge in [0.2, 0.25) is 0 Å². The highest BCUT2D eigenvalue weighted by molar-refractivity contribution is 5.81. The lowest BCUT2D eigenvalue weighted by Gasteiger charge is -2.17. The number of ether oxygens (including phenoxy) is 2. The summed E-state index contributed by atoms with van der Waals surface area (Å²) in [4.78, 5) is 23.3. The molecule has 2 atom stereocenters. The normalized spacial score (nSPS) is 13.8. The van der Waals surface area contributed by atoms with Crippen molar-refractivity contribution in [2.45, 2.75) is 53.4 Å². The highest BCUT2D eigenvalue weighted by Gasteiger charge is 2.28. The van der Waals surface area contributed by atoms with E-state index in [1.165, 1.54) is 0 Å². The molecule has 18 heavy (non-hydrogen) atoms. The van der Waals surface area contributed by atoms with E-state index in [1.54, 1.807) is 13.8 Å². The summed E-state index contributed by atoms with van der Waals surface area (Å²) in [5, 5.41) is 0. The van der Waals surface area contributed by atoms with Crippen molar-refractivity contribution in [3.8, 4) is 0 Å². The van der Waals surface area contributed by atoms with Crippen LogP contribution in [0.1, 0.15) is 53.4 Å². The van der Waals surface area contributed by atoms with Gasteiger partial charge < -0.3 is 9.47 Å². The number of hydrogen-bond acceptors (Lipinski definition) is 4. The Bertz CT molecular complexity index is 224. The van der Waals surface area contributed by atoms with Gasteiger partial charge in [0, 0.05) is 0 Å². The van der Waals surface area contributed by atoms with Gasteiger partial charge in [-0.25, -0.2) is 0 Å². The molecule has 0 aliphatic rings. The minimum Gasteiger partial charge on any atom is -0.465 e. The Balaban J connectivity index is 4.02. The molecule has 4 nitrogen and oxygen atoms in total. The van der Waals surface area contributed by atoms with E-state index in [9.17, 15) is 9.59 Å². The zero-order valence-corrected chi connectivity index (χ0v) is 12.0. The van der Waals surface area contributed by atoms with Gasteiger partial charge in [0.15, 0.2) is 0 Å². The topological polar surface area (TPSA) is 52.6 Å². The number of carbonyl (C=O) groups excluding carboxylic acids is 2. The van der Waals surface area contributed by atoms with Crippen LogP contribution in [-0.4, -0.2) is 25.2 Å². The average Bonchev–Trinajstić information content (AvgIpc) is 2.37. The van der Waals surface area contributed by atoms with Gasteiger partial charge >= 0.3 is 11.9 Å². The summed E-state index contributed by atoms with van der Waals surface area (Å²) in [5.41, 5.74) is 0. The molecule has 0 aromatic heterocycles. The van der Waals surface area contributed by atoms with Gasteiger partial charge in [-0.2, -0.15) is 0 Å². The van der Waals surface area contributed by atoms with Gasteiger partial charge in [0.25, 0.3) is 0 Å². The van der Waals surface area contributed by atoms with Crippen LogP contribution in [0.25, 0.3) is 0 Å². The third kappa shape index (κ3) is 6.62. The Kier molecular flexibility index (Phi) is 9.33. The summed E-state index contributed by atoms with van der Waals surface area (Å²) in [5.74, 6) is -1.53. The zero-order valence-electron chi connectivity index (χ0n) is 12.0. The van der Waals surface area contributed by atoms with Gasteiger partial charge in [0.1, 0.15) is 0 Å². The molecule has 0 N–H and O–H groups in total. The minimum absolute atomic E-state index is 0.316. The lowest BCUT2D eigenvalue weighted by atomic mass is 9.96. The Labute approximate surface area is 110 Å². The molecule has 106 valence electrons. The first-order chi connectivity index (χ1) is 8.54. The smallest absolute Gasteiger partial charge is 0.309 e. The average molecular weight is 258 g/mol. The molecule has 0 unspecified atom stereocenters. The molecular formula is C14H26O4. The van der Waals surface area contributed by atoms with Crippen molar-refractivity contribution < 1.29 is 19.1 Å². The molecule has 0 aliphatic heterocycles. The fourth-order valence-electron chi connectivity index (χ4n) is 1.31. The Morgan fingerprint density at radius 2 is 1.17 bits per heavy atom. The molecule has 0 rings (SSSR count). The van der Waals surface area contributed by atoms with E-state index >= 15 is 0 Å². The fraction of sp³-hybridized carbons (Fsp3) is 0.857. The summed E-state index contributed by atoms with van der Waals surface area (Å²) >= 11 is 0. The predicted octanol–water partition coefficient (Wildman–Crippen LogP) is 2.95. The second kappa shape index (κ2) is 9.92. The van der Waals surface area contributed by atoms with Crippen LogP contribution >= 0.6 is 0 Å². The van der Waals surface area contributed by atoms with E-state index in [2.05, 4.69) is 0 Å². The largest absolute Gasteiger partial charge is 0.465 e. The molecule has 0 aromatic carbocycles. The van der Waals surface area contributed by atoms with Crippen LogP contribution in [0.2, 0.25) is 0 Å². The van der Waals surface area contributed by atoms with Crippen molar-refractivity contribution in [2.24, 2.45) is 11.8 Å². The molecule has 0 saturated carbocycles. The Morgan fingerprint density at radius 1 is 0.833 bits per heavy atom. The summed E-state index contributed by atoms with van der Waals surface area (Å²) in [6, 6.07) is 0. The van der Waals surface area contributed by atoms with Crippen molar-refractivity contribution in [3.63, 3.8) is 0 Å². The van der Waals surface area contributed by atoms with Crippen molar-refractivity contribution in [1.82, 2.24) is 0 Å². The first-order valence-electron chi connectivity index (χ1n) is 6.87. The maximum Gasteiger partial charge on any atom is 0.309 e. The second-order valence-electron chi connectivity index (χ2n) is 4.62. The van der Waals surface area contributed by atoms with Gasteiger partial charge in [-0.05, 0) is 12.8 Å². The van der Waals surface area contributed by atoms with E-state index in [1.807, 2.05) is 13.8 Å². The summed E-state index contributed by atoms with van der Waals surface area (Å²) in [7, 11) is 0. The van der Waals surface area contributed by atoms with Crippen LogP contribution in [0.5, 0.6) is 0 Å². The molecular weight excluding hydrogens is 232 g/mol. The molecule has 0 fully saturated rings. The van der Waals surface area contributed by atoms with Crippen molar-refractivity contribution in [3.05, 3.63) is 0 Å². The Morgan fingerprint density at radius 3 is 1.44 bits per heavy atom. The third-order valence-electron chi connectivity index (χ3n) is 2.98. The van der Waals surface area contributed by atoms with Crippen LogP contribution < -0.4 is 0 Å². The number of rotatable bonds is 9.